The third-order valence-corrected chi connectivity index (χ3v) is 5.70. The average Bonchev–Trinajstić information content (AvgIpc) is 2.88. The molecule has 1 heterocycles. The summed E-state index contributed by atoms with van der Waals surface area (Å²) in [4.78, 5) is 28.3. The van der Waals surface area contributed by atoms with Crippen molar-refractivity contribution in [1.82, 2.24) is 10.3 Å². The van der Waals surface area contributed by atoms with Crippen molar-refractivity contribution in [2.75, 3.05) is 0 Å². The van der Waals surface area contributed by atoms with E-state index in [1.54, 1.807) is 48.8 Å². The molecule has 36 heavy (non-hydrogen) atoms. The van der Waals surface area contributed by atoms with Crippen LogP contribution in [0.2, 0.25) is 0 Å². The Morgan fingerprint density at radius 1 is 0.750 bits per heavy atom. The molecule has 0 saturated heterocycles. The molecule has 1 aromatic heterocycles. The molecule has 0 aliphatic heterocycles. The lowest BCUT2D eigenvalue weighted by Crippen LogP contribution is -2.30. The van der Waals surface area contributed by atoms with Crippen LogP contribution < -0.4 is 5.32 Å². The van der Waals surface area contributed by atoms with Crippen LogP contribution in [-0.4, -0.2) is 22.0 Å². The number of pyridine rings is 1. The van der Waals surface area contributed by atoms with Crippen LogP contribution in [0.4, 0.5) is 13.2 Å². The van der Waals surface area contributed by atoms with Crippen LogP contribution in [-0.2, 0) is 11.0 Å². The van der Waals surface area contributed by atoms with Crippen LogP contribution >= 0.6 is 0 Å². The minimum atomic E-state index is -4.41. The van der Waals surface area contributed by atoms with E-state index < -0.39 is 29.7 Å². The number of amides is 1. The van der Waals surface area contributed by atoms with Gasteiger partial charge >= 0.3 is 12.1 Å². The number of hydrogen-bond donors (Lipinski definition) is 2. The maximum Gasteiger partial charge on any atom is 0.416 e. The van der Waals surface area contributed by atoms with Gasteiger partial charge in [-0.1, -0.05) is 48.5 Å². The molecule has 0 spiro atoms. The average molecular weight is 490 g/mol. The summed E-state index contributed by atoms with van der Waals surface area (Å²) in [6.07, 6.45) is -1.35. The van der Waals surface area contributed by atoms with E-state index in [0.717, 1.165) is 23.3 Å². The summed E-state index contributed by atoms with van der Waals surface area (Å²) >= 11 is 0. The summed E-state index contributed by atoms with van der Waals surface area (Å²) in [5, 5.41) is 12.1. The van der Waals surface area contributed by atoms with Crippen LogP contribution in [0.25, 0.3) is 22.3 Å². The molecule has 8 heteroatoms. The highest BCUT2D eigenvalue weighted by atomic mass is 19.4. The predicted molar refractivity (Wildman–Crippen MR) is 129 cm³/mol. The molecule has 4 aromatic rings. The van der Waals surface area contributed by atoms with Crippen molar-refractivity contribution in [2.24, 2.45) is 0 Å². The molecule has 5 nitrogen and oxygen atoms in total. The number of halogens is 3. The number of carboxylic acid groups (broad SMARTS) is 1. The number of nitrogens with one attached hydrogen (secondary N) is 1. The largest absolute Gasteiger partial charge is 0.481 e. The molecule has 1 unspecified atom stereocenters. The summed E-state index contributed by atoms with van der Waals surface area (Å²) in [5.74, 6) is -1.52. The van der Waals surface area contributed by atoms with E-state index in [4.69, 9.17) is 0 Å². The lowest BCUT2D eigenvalue weighted by atomic mass is 9.98. The van der Waals surface area contributed by atoms with Crippen molar-refractivity contribution in [2.45, 2.75) is 18.6 Å². The SMILES string of the molecule is O=C(O)CC(NC(=O)c1ccc(-c2ccc(C(F)(F)F)cc2)cc1)c1ccc(-c2ccncc2)cc1. The molecular formula is C28H21F3N2O3. The van der Waals surface area contributed by atoms with E-state index >= 15 is 0 Å². The van der Waals surface area contributed by atoms with Crippen LogP contribution in [0.15, 0.2) is 97.3 Å². The van der Waals surface area contributed by atoms with Crippen LogP contribution in [0.5, 0.6) is 0 Å². The van der Waals surface area contributed by atoms with Gasteiger partial charge in [-0.05, 0) is 64.2 Å². The molecule has 0 radical (unpaired) electrons. The molecular weight excluding hydrogens is 469 g/mol. The van der Waals surface area contributed by atoms with Crippen molar-refractivity contribution < 1.29 is 27.9 Å². The molecule has 0 aliphatic carbocycles. The number of rotatable bonds is 7. The Hall–Kier alpha value is -4.46. The van der Waals surface area contributed by atoms with Crippen molar-refractivity contribution in [1.29, 1.82) is 0 Å². The number of carbonyl (C=O) groups excluding carboxylic acids is 1. The minimum Gasteiger partial charge on any atom is -0.481 e. The lowest BCUT2D eigenvalue weighted by molar-refractivity contribution is -0.138. The molecule has 3 aromatic carbocycles. The lowest BCUT2D eigenvalue weighted by Gasteiger charge is -2.18. The molecule has 0 aliphatic rings. The predicted octanol–water partition coefficient (Wildman–Crippen LogP) is 6.38. The second-order valence-corrected chi connectivity index (χ2v) is 8.13. The minimum absolute atomic E-state index is 0.300. The first-order valence-corrected chi connectivity index (χ1v) is 11.0. The second kappa shape index (κ2) is 10.4. The summed E-state index contributed by atoms with van der Waals surface area (Å²) in [6.45, 7) is 0. The maximum absolute atomic E-state index is 12.9. The van der Waals surface area contributed by atoms with Crippen LogP contribution in [0, 0.1) is 0 Å². The van der Waals surface area contributed by atoms with Gasteiger partial charge in [0, 0.05) is 18.0 Å². The standard InChI is InChI=1S/C28H21F3N2O3/c29-28(30,31)24-11-9-20(10-12-24)18-3-7-23(8-4-18)27(36)33-25(17-26(34)35)22-5-1-19(2-6-22)21-13-15-32-16-14-21/h1-16,25H,17H2,(H,33,36)(H,34,35). The Bertz CT molecular complexity index is 1340. The van der Waals surface area contributed by atoms with Gasteiger partial charge in [-0.3, -0.25) is 14.6 Å². The smallest absolute Gasteiger partial charge is 0.416 e. The van der Waals surface area contributed by atoms with Gasteiger partial charge in [0.1, 0.15) is 0 Å². The zero-order chi connectivity index (χ0) is 25.7. The molecule has 0 fully saturated rings. The van der Waals surface area contributed by atoms with E-state index in [0.29, 0.717) is 22.3 Å². The number of nitrogens with zero attached hydrogens (tertiary/aromatic N) is 1. The number of aromatic nitrogens is 1. The highest BCUT2D eigenvalue weighted by molar-refractivity contribution is 5.95. The zero-order valence-electron chi connectivity index (χ0n) is 18.9. The molecule has 1 atom stereocenters. The van der Waals surface area contributed by atoms with E-state index in [9.17, 15) is 27.9 Å². The highest BCUT2D eigenvalue weighted by Crippen LogP contribution is 2.31. The number of carbonyl (C=O) groups is 2. The van der Waals surface area contributed by atoms with Gasteiger partial charge in [0.15, 0.2) is 0 Å². The van der Waals surface area contributed by atoms with E-state index in [1.165, 1.54) is 12.1 Å². The number of aliphatic carboxylic acids is 1. The zero-order valence-corrected chi connectivity index (χ0v) is 18.9. The van der Waals surface area contributed by atoms with Gasteiger partial charge in [-0.15, -0.1) is 0 Å². The topological polar surface area (TPSA) is 79.3 Å². The van der Waals surface area contributed by atoms with Gasteiger partial charge in [0.05, 0.1) is 18.0 Å². The fourth-order valence-electron chi connectivity index (χ4n) is 3.79. The quantitative estimate of drug-likeness (QED) is 0.315. The Morgan fingerprint density at radius 2 is 1.22 bits per heavy atom. The summed E-state index contributed by atoms with van der Waals surface area (Å²) in [5.41, 5.74) is 3.32. The van der Waals surface area contributed by atoms with Gasteiger partial charge < -0.3 is 10.4 Å². The van der Waals surface area contributed by atoms with Gasteiger partial charge in [0.25, 0.3) is 5.91 Å². The Morgan fingerprint density at radius 3 is 1.72 bits per heavy atom. The molecule has 1 amide bonds. The molecule has 0 saturated carbocycles. The van der Waals surface area contributed by atoms with Gasteiger partial charge in [-0.25, -0.2) is 0 Å². The second-order valence-electron chi connectivity index (χ2n) is 8.13. The summed E-state index contributed by atoms with van der Waals surface area (Å²) in [7, 11) is 0. The third-order valence-electron chi connectivity index (χ3n) is 5.70. The van der Waals surface area contributed by atoms with Crippen LogP contribution in [0.1, 0.15) is 33.9 Å². The number of benzene rings is 3. The molecule has 0 bridgehead atoms. The van der Waals surface area contributed by atoms with Crippen molar-refractivity contribution >= 4 is 11.9 Å². The summed E-state index contributed by atoms with van der Waals surface area (Å²) in [6, 6.07) is 21.3. The monoisotopic (exact) mass is 490 g/mol. The number of carboxylic acids is 1. The molecule has 2 N–H and O–H groups in total. The first-order valence-electron chi connectivity index (χ1n) is 11.0. The summed E-state index contributed by atoms with van der Waals surface area (Å²) < 4.78 is 38.4. The van der Waals surface area contributed by atoms with Gasteiger partial charge in [-0.2, -0.15) is 13.2 Å². The normalized spacial score (nSPS) is 12.1. The van der Waals surface area contributed by atoms with Crippen molar-refractivity contribution in [3.63, 3.8) is 0 Å². The van der Waals surface area contributed by atoms with E-state index in [-0.39, 0.29) is 6.42 Å². The Labute approximate surface area is 205 Å². The number of hydrogen-bond acceptors (Lipinski definition) is 3. The number of alkyl halides is 3. The Balaban J connectivity index is 1.49. The van der Waals surface area contributed by atoms with Crippen LogP contribution in [0.3, 0.4) is 0 Å². The van der Waals surface area contributed by atoms with E-state index in [1.807, 2.05) is 24.3 Å². The van der Waals surface area contributed by atoms with Crippen molar-refractivity contribution in [3.05, 3.63) is 114 Å². The fraction of sp³-hybridized carbons (Fsp3) is 0.107. The maximum atomic E-state index is 12.9. The molecule has 4 rings (SSSR count). The Kier molecular flexibility index (Phi) is 7.15. The van der Waals surface area contributed by atoms with Gasteiger partial charge in [0.2, 0.25) is 0 Å². The first-order chi connectivity index (χ1) is 17.2. The first kappa shape index (κ1) is 24.7. The third kappa shape index (κ3) is 5.96. The highest BCUT2D eigenvalue weighted by Gasteiger charge is 2.30. The molecule has 182 valence electrons. The van der Waals surface area contributed by atoms with Crippen molar-refractivity contribution in [3.8, 4) is 22.3 Å². The fourth-order valence-corrected chi connectivity index (χ4v) is 3.79. The van der Waals surface area contributed by atoms with E-state index in [2.05, 4.69) is 10.3 Å².